The van der Waals surface area contributed by atoms with Gasteiger partial charge in [-0.05, 0) is 105 Å². The number of ether oxygens (including phenoxy) is 2. The zero-order valence-electron chi connectivity index (χ0n) is 28.3. The topological polar surface area (TPSA) is 54.0 Å². The Morgan fingerprint density at radius 1 is 1.02 bits per heavy atom. The molecule has 1 aliphatic carbocycles. The maximum absolute atomic E-state index is 13.5. The lowest BCUT2D eigenvalue weighted by Crippen LogP contribution is -2.61. The Labute approximate surface area is 276 Å². The van der Waals surface area contributed by atoms with Gasteiger partial charge in [0, 0.05) is 50.1 Å². The summed E-state index contributed by atoms with van der Waals surface area (Å²) < 4.78 is 11.7. The number of rotatable bonds is 12. The third kappa shape index (κ3) is 7.44. The van der Waals surface area contributed by atoms with Crippen LogP contribution in [0.1, 0.15) is 75.1 Å². The molecule has 6 heteroatoms. The smallest absolute Gasteiger partial charge is 0.221 e. The number of carbonyl (C=O) groups is 1. The molecule has 0 radical (unpaired) electrons. The van der Waals surface area contributed by atoms with Crippen LogP contribution in [0.2, 0.25) is 0 Å². The number of nitrogens with one attached hydrogen (secondary N) is 1. The molecule has 0 unspecified atom stereocenters. The summed E-state index contributed by atoms with van der Waals surface area (Å²) >= 11 is 0. The summed E-state index contributed by atoms with van der Waals surface area (Å²) in [4.78, 5) is 18.7. The van der Waals surface area contributed by atoms with Crippen LogP contribution in [0.25, 0.3) is 0 Å². The van der Waals surface area contributed by atoms with Gasteiger partial charge in [-0.3, -0.25) is 14.6 Å². The number of piperidine rings is 1. The quantitative estimate of drug-likeness (QED) is 0.241. The van der Waals surface area contributed by atoms with E-state index in [1.54, 1.807) is 7.11 Å². The first-order valence-corrected chi connectivity index (χ1v) is 17.5. The van der Waals surface area contributed by atoms with E-state index in [-0.39, 0.29) is 23.5 Å². The Morgan fingerprint density at radius 2 is 1.85 bits per heavy atom. The van der Waals surface area contributed by atoms with Gasteiger partial charge in [0.05, 0.1) is 13.2 Å². The zero-order chi connectivity index (χ0) is 32.1. The van der Waals surface area contributed by atoms with Gasteiger partial charge in [0.25, 0.3) is 0 Å². The molecule has 3 aliphatic rings. The minimum absolute atomic E-state index is 0.0166. The molecule has 1 N–H and O–H groups in total. The van der Waals surface area contributed by atoms with Crippen molar-refractivity contribution in [3.8, 4) is 11.5 Å². The molecule has 6 nitrogen and oxygen atoms in total. The molecule has 0 spiro atoms. The van der Waals surface area contributed by atoms with Crippen molar-refractivity contribution in [1.29, 1.82) is 0 Å². The number of likely N-dealkylation sites (tertiary alicyclic amines) is 1. The number of methoxy groups -OCH3 is 1. The molecule has 6 rings (SSSR count). The first-order valence-electron chi connectivity index (χ1n) is 17.5. The van der Waals surface area contributed by atoms with E-state index < -0.39 is 0 Å². The summed E-state index contributed by atoms with van der Waals surface area (Å²) in [6, 6.07) is 26.6. The fraction of sp³-hybridized carbons (Fsp3) is 0.525. The molecule has 2 heterocycles. The lowest BCUT2D eigenvalue weighted by molar-refractivity contribution is -0.123. The molecule has 246 valence electrons. The van der Waals surface area contributed by atoms with Crippen LogP contribution >= 0.6 is 0 Å². The van der Waals surface area contributed by atoms with E-state index in [9.17, 15) is 4.79 Å². The Bertz CT molecular complexity index is 1460. The van der Waals surface area contributed by atoms with Gasteiger partial charge in [-0.15, -0.1) is 0 Å². The van der Waals surface area contributed by atoms with Crippen molar-refractivity contribution in [2.45, 2.75) is 95.9 Å². The largest absolute Gasteiger partial charge is 0.496 e. The second-order valence-corrected chi connectivity index (χ2v) is 14.3. The molecule has 2 aliphatic heterocycles. The van der Waals surface area contributed by atoms with Crippen LogP contribution in [0.3, 0.4) is 0 Å². The third-order valence-electron chi connectivity index (χ3n) is 10.8. The summed E-state index contributed by atoms with van der Waals surface area (Å²) in [5, 5.41) is 3.55. The highest BCUT2D eigenvalue weighted by Gasteiger charge is 2.51. The molecule has 1 amide bonds. The first-order chi connectivity index (χ1) is 22.3. The van der Waals surface area contributed by atoms with E-state index in [0.29, 0.717) is 18.4 Å². The SMILES string of the molecule is COc1cccc2c1CCN(CCC(=O)N[C@H]1C[C@H]3C[C@@](c4cccc(OC(C)C)c4)(C1)[C@H](C)CN3CCCc1ccccc1)C2. The van der Waals surface area contributed by atoms with Gasteiger partial charge in [-0.25, -0.2) is 0 Å². The summed E-state index contributed by atoms with van der Waals surface area (Å²) in [7, 11) is 1.75. The number of fused-ring (bicyclic) bond motifs is 3. The Balaban J connectivity index is 1.14. The second kappa shape index (κ2) is 14.6. The molecular weight excluding hydrogens is 570 g/mol. The van der Waals surface area contributed by atoms with Crippen molar-refractivity contribution in [1.82, 2.24) is 15.1 Å². The zero-order valence-corrected chi connectivity index (χ0v) is 28.3. The molecule has 46 heavy (non-hydrogen) atoms. The number of nitrogens with zero attached hydrogens (tertiary/aromatic N) is 2. The predicted molar refractivity (Wildman–Crippen MR) is 186 cm³/mol. The van der Waals surface area contributed by atoms with Crippen LogP contribution < -0.4 is 14.8 Å². The number of hydrogen-bond acceptors (Lipinski definition) is 5. The van der Waals surface area contributed by atoms with Gasteiger partial charge >= 0.3 is 0 Å². The lowest BCUT2D eigenvalue weighted by atomic mass is 9.57. The van der Waals surface area contributed by atoms with Crippen molar-refractivity contribution < 1.29 is 14.3 Å². The van der Waals surface area contributed by atoms with Crippen LogP contribution in [0.4, 0.5) is 0 Å². The Kier molecular flexibility index (Phi) is 10.3. The van der Waals surface area contributed by atoms with Crippen molar-refractivity contribution in [2.75, 3.05) is 33.3 Å². The van der Waals surface area contributed by atoms with Crippen LogP contribution in [-0.2, 0) is 29.6 Å². The van der Waals surface area contributed by atoms with Gasteiger partial charge in [-0.1, -0.05) is 61.5 Å². The average Bonchev–Trinajstić information content (AvgIpc) is 3.06. The van der Waals surface area contributed by atoms with Gasteiger partial charge < -0.3 is 14.8 Å². The molecule has 1 saturated carbocycles. The minimum Gasteiger partial charge on any atom is -0.496 e. The molecule has 3 aromatic rings. The van der Waals surface area contributed by atoms with Crippen molar-refractivity contribution in [2.24, 2.45) is 5.92 Å². The highest BCUT2D eigenvalue weighted by molar-refractivity contribution is 5.76. The van der Waals surface area contributed by atoms with E-state index in [0.717, 1.165) is 82.7 Å². The maximum Gasteiger partial charge on any atom is 0.221 e. The van der Waals surface area contributed by atoms with Gasteiger partial charge in [-0.2, -0.15) is 0 Å². The highest BCUT2D eigenvalue weighted by Crippen LogP contribution is 2.50. The van der Waals surface area contributed by atoms with Crippen LogP contribution in [0.5, 0.6) is 11.5 Å². The third-order valence-corrected chi connectivity index (χ3v) is 10.8. The van der Waals surface area contributed by atoms with E-state index in [1.807, 2.05) is 6.07 Å². The van der Waals surface area contributed by atoms with Crippen molar-refractivity contribution in [3.63, 3.8) is 0 Å². The molecule has 2 bridgehead atoms. The average molecular weight is 624 g/mol. The fourth-order valence-electron chi connectivity index (χ4n) is 8.56. The van der Waals surface area contributed by atoms with Crippen LogP contribution in [0, 0.1) is 5.92 Å². The van der Waals surface area contributed by atoms with E-state index in [2.05, 4.69) is 103 Å². The summed E-state index contributed by atoms with van der Waals surface area (Å²) in [5.41, 5.74) is 5.43. The first kappa shape index (κ1) is 32.6. The minimum atomic E-state index is 0.0166. The van der Waals surface area contributed by atoms with Crippen molar-refractivity contribution in [3.05, 3.63) is 95.1 Å². The van der Waals surface area contributed by atoms with Crippen LogP contribution in [-0.4, -0.2) is 67.2 Å². The summed E-state index contributed by atoms with van der Waals surface area (Å²) in [6.07, 6.45) is 7.02. The fourth-order valence-corrected chi connectivity index (χ4v) is 8.56. The second-order valence-electron chi connectivity index (χ2n) is 14.3. The number of amides is 1. The monoisotopic (exact) mass is 623 g/mol. The number of carbonyl (C=O) groups excluding carboxylic acids is 1. The molecule has 3 aromatic carbocycles. The van der Waals surface area contributed by atoms with Crippen LogP contribution in [0.15, 0.2) is 72.8 Å². The number of benzene rings is 3. The molecule has 1 saturated heterocycles. The predicted octanol–water partition coefficient (Wildman–Crippen LogP) is 6.79. The van der Waals surface area contributed by atoms with Gasteiger partial charge in [0.15, 0.2) is 0 Å². The molecular formula is C40H53N3O3. The summed E-state index contributed by atoms with van der Waals surface area (Å²) in [6.45, 7) is 11.4. The van der Waals surface area contributed by atoms with E-state index >= 15 is 0 Å². The number of aryl methyl sites for hydroxylation is 1. The van der Waals surface area contributed by atoms with Crippen molar-refractivity contribution >= 4 is 5.91 Å². The number of hydrogen-bond donors (Lipinski definition) is 1. The molecule has 2 fully saturated rings. The maximum atomic E-state index is 13.5. The lowest BCUT2D eigenvalue weighted by Gasteiger charge is -2.56. The van der Waals surface area contributed by atoms with E-state index in [4.69, 9.17) is 9.47 Å². The van der Waals surface area contributed by atoms with Gasteiger partial charge in [0.2, 0.25) is 5.91 Å². The molecule has 0 aromatic heterocycles. The standard InChI is InChI=1S/C40H53N3O3/c1-29(2)46-36-16-9-15-33(23-36)40-25-34(24-35(26-40)43(27-30(40)3)20-10-13-31-11-6-5-7-12-31)41-39(44)19-22-42-21-18-37-32(28-42)14-8-17-38(37)45-4/h5-9,11-12,14-17,23,29-30,34-35H,10,13,18-22,24-28H2,1-4H3,(H,41,44)/t30-,34+,35+,40+/m1/s1. The Morgan fingerprint density at radius 3 is 2.65 bits per heavy atom. The highest BCUT2D eigenvalue weighted by atomic mass is 16.5. The Hall–Kier alpha value is -3.35. The summed E-state index contributed by atoms with van der Waals surface area (Å²) in [5.74, 6) is 2.58. The molecule has 4 atom stereocenters. The van der Waals surface area contributed by atoms with Gasteiger partial charge in [0.1, 0.15) is 11.5 Å². The van der Waals surface area contributed by atoms with E-state index in [1.165, 1.54) is 22.3 Å². The normalized spacial score (nSPS) is 24.8.